The Hall–Kier alpha value is -1.82. The molecule has 2 aromatic rings. The molecule has 0 unspecified atom stereocenters. The number of carboxylic acids is 1. The Bertz CT molecular complexity index is 816. The van der Waals surface area contributed by atoms with Crippen molar-refractivity contribution in [3.8, 4) is 5.75 Å². The molecule has 1 saturated carbocycles. The number of aromatic carboxylic acids is 1. The molecule has 1 aliphatic heterocycles. The fraction of sp³-hybridized carbons (Fsp3) is 0.579. The number of rotatable bonds is 4. The zero-order valence-electron chi connectivity index (χ0n) is 14.9. The third kappa shape index (κ3) is 2.97. The molecule has 5 nitrogen and oxygen atoms in total. The van der Waals surface area contributed by atoms with Crippen LogP contribution in [0.5, 0.6) is 5.75 Å². The molecule has 0 spiro atoms. The van der Waals surface area contributed by atoms with Crippen LogP contribution in [0.25, 0.3) is 10.2 Å². The van der Waals surface area contributed by atoms with Crippen LogP contribution >= 0.6 is 11.3 Å². The molecule has 4 rings (SSSR count). The van der Waals surface area contributed by atoms with E-state index in [1.165, 1.54) is 12.8 Å². The molecule has 2 fully saturated rings. The summed E-state index contributed by atoms with van der Waals surface area (Å²) in [6, 6.07) is 3.31. The van der Waals surface area contributed by atoms with E-state index in [0.29, 0.717) is 5.75 Å². The van der Waals surface area contributed by atoms with Gasteiger partial charge in [0.1, 0.15) is 11.3 Å². The minimum absolute atomic E-state index is 0.0237. The van der Waals surface area contributed by atoms with Gasteiger partial charge >= 0.3 is 5.97 Å². The van der Waals surface area contributed by atoms with Crippen LogP contribution in [0.3, 0.4) is 0 Å². The lowest BCUT2D eigenvalue weighted by molar-refractivity contribution is 0.0696. The number of nitrogens with zero attached hydrogens (tertiary/aromatic N) is 2. The van der Waals surface area contributed by atoms with Gasteiger partial charge in [0.15, 0.2) is 5.13 Å². The van der Waals surface area contributed by atoms with Gasteiger partial charge in [-0.25, -0.2) is 9.78 Å². The van der Waals surface area contributed by atoms with Crippen molar-refractivity contribution in [2.45, 2.75) is 39.7 Å². The van der Waals surface area contributed by atoms with Gasteiger partial charge in [0.2, 0.25) is 0 Å². The first-order valence-corrected chi connectivity index (χ1v) is 9.83. The van der Waals surface area contributed by atoms with E-state index in [9.17, 15) is 9.90 Å². The van der Waals surface area contributed by atoms with Gasteiger partial charge < -0.3 is 14.7 Å². The van der Waals surface area contributed by atoms with Crippen LogP contribution in [-0.4, -0.2) is 35.3 Å². The Morgan fingerprint density at radius 2 is 2.16 bits per heavy atom. The normalized spacial score (nSPS) is 25.8. The molecule has 1 aromatic carbocycles. The molecule has 1 saturated heterocycles. The minimum atomic E-state index is -0.935. The number of thiazole rings is 1. The Morgan fingerprint density at radius 3 is 2.84 bits per heavy atom. The van der Waals surface area contributed by atoms with Crippen LogP contribution in [0.15, 0.2) is 12.1 Å². The van der Waals surface area contributed by atoms with E-state index in [1.54, 1.807) is 23.5 Å². The van der Waals surface area contributed by atoms with Crippen molar-refractivity contribution in [2.24, 2.45) is 17.8 Å². The van der Waals surface area contributed by atoms with Crippen molar-refractivity contribution in [3.63, 3.8) is 0 Å². The van der Waals surface area contributed by atoms with Gasteiger partial charge in [-0.2, -0.15) is 0 Å². The molecular weight excluding hydrogens is 336 g/mol. The molecular formula is C19H24N2O3S. The van der Waals surface area contributed by atoms with Gasteiger partial charge in [0, 0.05) is 13.1 Å². The van der Waals surface area contributed by atoms with E-state index >= 15 is 0 Å². The van der Waals surface area contributed by atoms with Gasteiger partial charge in [0.25, 0.3) is 0 Å². The molecule has 0 amide bonds. The quantitative estimate of drug-likeness (QED) is 0.882. The first kappa shape index (κ1) is 16.6. The van der Waals surface area contributed by atoms with Crippen LogP contribution in [0.2, 0.25) is 0 Å². The molecule has 2 aliphatic rings. The molecule has 25 heavy (non-hydrogen) atoms. The van der Waals surface area contributed by atoms with Gasteiger partial charge in [-0.1, -0.05) is 24.7 Å². The van der Waals surface area contributed by atoms with Gasteiger partial charge in [-0.3, -0.25) is 0 Å². The largest absolute Gasteiger partial charge is 0.489 e. The number of ether oxygens (including phenoxy) is 1. The van der Waals surface area contributed by atoms with E-state index < -0.39 is 5.97 Å². The summed E-state index contributed by atoms with van der Waals surface area (Å²) in [6.07, 6.45) is 2.64. The smallest absolute Gasteiger partial charge is 0.335 e. The summed E-state index contributed by atoms with van der Waals surface area (Å²) >= 11 is 1.58. The predicted octanol–water partition coefficient (Wildman–Crippen LogP) is 4.26. The van der Waals surface area contributed by atoms with Crippen LogP contribution in [0, 0.1) is 17.8 Å². The predicted molar refractivity (Wildman–Crippen MR) is 99.9 cm³/mol. The summed E-state index contributed by atoms with van der Waals surface area (Å²) in [5, 5.41) is 10.4. The van der Waals surface area contributed by atoms with Crippen molar-refractivity contribution in [1.29, 1.82) is 0 Å². The maximum absolute atomic E-state index is 11.4. The van der Waals surface area contributed by atoms with Crippen molar-refractivity contribution in [3.05, 3.63) is 17.7 Å². The van der Waals surface area contributed by atoms with E-state index in [1.807, 2.05) is 13.8 Å². The monoisotopic (exact) mass is 360 g/mol. The number of anilines is 1. The van der Waals surface area contributed by atoms with Crippen molar-refractivity contribution in [2.75, 3.05) is 18.0 Å². The number of benzene rings is 1. The van der Waals surface area contributed by atoms with Crippen LogP contribution in [0.4, 0.5) is 5.13 Å². The molecule has 0 bridgehead atoms. The molecule has 134 valence electrons. The Morgan fingerprint density at radius 1 is 1.36 bits per heavy atom. The zero-order valence-corrected chi connectivity index (χ0v) is 15.7. The lowest BCUT2D eigenvalue weighted by Crippen LogP contribution is -2.21. The van der Waals surface area contributed by atoms with E-state index in [2.05, 4.69) is 11.8 Å². The first-order valence-electron chi connectivity index (χ1n) is 9.02. The van der Waals surface area contributed by atoms with E-state index in [-0.39, 0.29) is 11.7 Å². The highest BCUT2D eigenvalue weighted by Gasteiger charge is 2.41. The van der Waals surface area contributed by atoms with Crippen molar-refractivity contribution >= 4 is 32.7 Å². The Labute approximate surface area is 151 Å². The van der Waals surface area contributed by atoms with Crippen LogP contribution < -0.4 is 9.64 Å². The second kappa shape index (κ2) is 6.16. The average molecular weight is 360 g/mol. The highest BCUT2D eigenvalue weighted by molar-refractivity contribution is 7.22. The number of fused-ring (bicyclic) bond motifs is 2. The molecule has 1 aliphatic carbocycles. The molecule has 2 heterocycles. The lowest BCUT2D eigenvalue weighted by atomic mass is 9.94. The Balaban J connectivity index is 1.71. The second-order valence-electron chi connectivity index (χ2n) is 7.67. The number of carbonyl (C=O) groups is 1. The molecule has 0 radical (unpaired) electrons. The molecule has 6 heteroatoms. The average Bonchev–Trinajstić information content (AvgIpc) is 3.22. The number of aromatic nitrogens is 1. The standard InChI is InChI=1S/C19H24N2O3S/c1-10(2)24-15-6-13(18(22)23)7-16-17(15)20-19(25-16)21-8-12-5-4-11(3)14(12)9-21/h6-7,10-12,14H,4-5,8-9H2,1-3H3,(H,22,23)/t11-,12+,14+/m1/s1. The Kier molecular flexibility index (Phi) is 4.10. The summed E-state index contributed by atoms with van der Waals surface area (Å²) in [5.74, 6) is 1.98. The first-order chi connectivity index (χ1) is 11.9. The van der Waals surface area contributed by atoms with E-state index in [4.69, 9.17) is 9.72 Å². The van der Waals surface area contributed by atoms with Gasteiger partial charge in [0.05, 0.1) is 16.4 Å². The van der Waals surface area contributed by atoms with Crippen molar-refractivity contribution < 1.29 is 14.6 Å². The van der Waals surface area contributed by atoms with Crippen LogP contribution in [-0.2, 0) is 0 Å². The highest BCUT2D eigenvalue weighted by atomic mass is 32.1. The van der Waals surface area contributed by atoms with Crippen LogP contribution in [0.1, 0.15) is 44.0 Å². The lowest BCUT2D eigenvalue weighted by Gasteiger charge is -2.17. The third-order valence-electron chi connectivity index (χ3n) is 5.54. The number of carboxylic acid groups (broad SMARTS) is 1. The highest BCUT2D eigenvalue weighted by Crippen LogP contribution is 2.45. The fourth-order valence-electron chi connectivity index (χ4n) is 4.28. The fourth-order valence-corrected chi connectivity index (χ4v) is 5.32. The maximum atomic E-state index is 11.4. The van der Waals surface area contributed by atoms with E-state index in [0.717, 1.165) is 46.2 Å². The summed E-state index contributed by atoms with van der Waals surface area (Å²) in [7, 11) is 0. The molecule has 1 N–H and O–H groups in total. The van der Waals surface area contributed by atoms with Gasteiger partial charge in [-0.05, 0) is 50.2 Å². The number of hydrogen-bond donors (Lipinski definition) is 1. The summed E-state index contributed by atoms with van der Waals surface area (Å²) in [5.41, 5.74) is 1.04. The summed E-state index contributed by atoms with van der Waals surface area (Å²) in [4.78, 5) is 18.6. The minimum Gasteiger partial charge on any atom is -0.489 e. The van der Waals surface area contributed by atoms with Gasteiger partial charge in [-0.15, -0.1) is 0 Å². The summed E-state index contributed by atoms with van der Waals surface area (Å²) < 4.78 is 6.73. The maximum Gasteiger partial charge on any atom is 0.335 e. The zero-order chi connectivity index (χ0) is 17.7. The van der Waals surface area contributed by atoms with Crippen molar-refractivity contribution in [1.82, 2.24) is 4.98 Å². The topological polar surface area (TPSA) is 62.7 Å². The molecule has 3 atom stereocenters. The number of hydrogen-bond acceptors (Lipinski definition) is 5. The third-order valence-corrected chi connectivity index (χ3v) is 6.61. The second-order valence-corrected chi connectivity index (χ2v) is 8.68. The molecule has 1 aromatic heterocycles. The summed E-state index contributed by atoms with van der Waals surface area (Å²) in [6.45, 7) is 8.38. The SMILES string of the molecule is CC(C)Oc1cc(C(=O)O)cc2sc(N3C[C@@H]4CC[C@@H](C)[C@@H]4C3)nc12.